The zero-order valence-corrected chi connectivity index (χ0v) is 16.0. The molecule has 0 unspecified atom stereocenters. The van der Waals surface area contributed by atoms with Crippen LogP contribution in [-0.4, -0.2) is 30.6 Å². The minimum absolute atomic E-state index is 0.0162. The molecule has 0 amide bonds. The summed E-state index contributed by atoms with van der Waals surface area (Å²) in [6.45, 7) is 4.86. The van der Waals surface area contributed by atoms with Crippen LogP contribution < -0.4 is 0 Å². The van der Waals surface area contributed by atoms with Gasteiger partial charge in [-0.15, -0.1) is 21.5 Å². The van der Waals surface area contributed by atoms with Crippen molar-refractivity contribution in [2.45, 2.75) is 26.9 Å². The van der Waals surface area contributed by atoms with Crippen molar-refractivity contribution in [2.24, 2.45) is 0 Å². The Bertz CT molecular complexity index is 1060. The van der Waals surface area contributed by atoms with E-state index in [0.717, 1.165) is 23.5 Å². The van der Waals surface area contributed by atoms with Crippen molar-refractivity contribution >= 4 is 17.1 Å². The summed E-state index contributed by atoms with van der Waals surface area (Å²) < 4.78 is 2.17. The van der Waals surface area contributed by atoms with Crippen LogP contribution in [-0.2, 0) is 13.1 Å². The second kappa shape index (κ2) is 7.28. The minimum atomic E-state index is -0.0162. The number of carbonyl (C=O) groups is 1. The van der Waals surface area contributed by atoms with Gasteiger partial charge in [0.05, 0.1) is 6.54 Å². The van der Waals surface area contributed by atoms with Crippen LogP contribution in [0.4, 0.5) is 0 Å². The molecule has 136 valence electrons. The maximum Gasteiger partial charge on any atom is 0.204 e. The number of ketones is 1. The number of carbonyl (C=O) groups excluding carboxylic acids is 1. The molecule has 0 spiro atoms. The highest BCUT2D eigenvalue weighted by atomic mass is 32.1. The molecule has 0 aliphatic carbocycles. The molecular weight excluding hydrogens is 358 g/mol. The first-order valence-corrected chi connectivity index (χ1v) is 9.55. The van der Waals surface area contributed by atoms with Gasteiger partial charge in [0.15, 0.2) is 5.78 Å². The lowest BCUT2D eigenvalue weighted by Gasteiger charge is -2.08. The van der Waals surface area contributed by atoms with Gasteiger partial charge in [-0.05, 0) is 36.6 Å². The standard InChI is InChI=1S/C20H19N5OS/c1-14-11-18(15(2)24(14)12-17-9-6-10-27-17)19(26)13-25-22-20(21-23-25)16-7-4-3-5-8-16/h3-11H,12-13H2,1-2H3. The van der Waals surface area contributed by atoms with Crippen LogP contribution in [0.2, 0.25) is 0 Å². The summed E-state index contributed by atoms with van der Waals surface area (Å²) in [7, 11) is 0. The summed E-state index contributed by atoms with van der Waals surface area (Å²) in [5.74, 6) is 0.504. The van der Waals surface area contributed by atoms with Crippen molar-refractivity contribution in [2.75, 3.05) is 0 Å². The van der Waals surface area contributed by atoms with E-state index in [0.29, 0.717) is 11.4 Å². The van der Waals surface area contributed by atoms with Gasteiger partial charge < -0.3 is 4.57 Å². The molecule has 0 aliphatic heterocycles. The fourth-order valence-corrected chi connectivity index (χ4v) is 3.80. The smallest absolute Gasteiger partial charge is 0.204 e. The van der Waals surface area contributed by atoms with E-state index in [9.17, 15) is 4.79 Å². The van der Waals surface area contributed by atoms with E-state index in [1.807, 2.05) is 56.3 Å². The predicted octanol–water partition coefficient (Wildman–Crippen LogP) is 3.75. The highest BCUT2D eigenvalue weighted by Crippen LogP contribution is 2.20. The topological polar surface area (TPSA) is 65.6 Å². The van der Waals surface area contributed by atoms with Crippen molar-refractivity contribution in [3.8, 4) is 11.4 Å². The summed E-state index contributed by atoms with van der Waals surface area (Å²) in [6.07, 6.45) is 0. The molecule has 3 aromatic heterocycles. The number of Topliss-reactive ketones (excluding diaryl/α,β-unsaturated/α-hetero) is 1. The van der Waals surface area contributed by atoms with Crippen LogP contribution in [0.3, 0.4) is 0 Å². The number of aromatic nitrogens is 5. The molecule has 0 saturated heterocycles. The Labute approximate surface area is 161 Å². The number of hydrogen-bond acceptors (Lipinski definition) is 5. The van der Waals surface area contributed by atoms with Crippen LogP contribution in [0.5, 0.6) is 0 Å². The number of thiophene rings is 1. The largest absolute Gasteiger partial charge is 0.343 e. The second-order valence-corrected chi connectivity index (χ2v) is 7.42. The van der Waals surface area contributed by atoms with Crippen molar-refractivity contribution in [3.05, 3.63) is 75.7 Å². The SMILES string of the molecule is Cc1cc(C(=O)Cn2nnc(-c3ccccc3)n2)c(C)n1Cc1cccs1. The zero-order chi connectivity index (χ0) is 18.8. The van der Waals surface area contributed by atoms with Crippen LogP contribution in [0.15, 0.2) is 53.9 Å². The molecule has 0 saturated carbocycles. The van der Waals surface area contributed by atoms with Crippen molar-refractivity contribution in [3.63, 3.8) is 0 Å². The average Bonchev–Trinajstić information content (AvgIpc) is 3.40. The highest BCUT2D eigenvalue weighted by molar-refractivity contribution is 7.09. The molecule has 0 fully saturated rings. The molecule has 0 bridgehead atoms. The van der Waals surface area contributed by atoms with Crippen molar-refractivity contribution in [1.82, 2.24) is 24.8 Å². The van der Waals surface area contributed by atoms with Gasteiger partial charge in [0.1, 0.15) is 6.54 Å². The molecule has 4 aromatic rings. The predicted molar refractivity (Wildman–Crippen MR) is 105 cm³/mol. The lowest BCUT2D eigenvalue weighted by molar-refractivity contribution is 0.0960. The number of rotatable bonds is 6. The second-order valence-electron chi connectivity index (χ2n) is 6.38. The average molecular weight is 377 g/mol. The van der Waals surface area contributed by atoms with Crippen molar-refractivity contribution in [1.29, 1.82) is 0 Å². The van der Waals surface area contributed by atoms with Crippen LogP contribution >= 0.6 is 11.3 Å². The Morgan fingerprint density at radius 2 is 1.93 bits per heavy atom. The maximum absolute atomic E-state index is 12.8. The van der Waals surface area contributed by atoms with Gasteiger partial charge in [-0.25, -0.2) is 0 Å². The van der Waals surface area contributed by atoms with Gasteiger partial charge >= 0.3 is 0 Å². The first kappa shape index (κ1) is 17.4. The van der Waals surface area contributed by atoms with E-state index in [2.05, 4.69) is 31.4 Å². The molecule has 0 radical (unpaired) electrons. The summed E-state index contributed by atoms with van der Waals surface area (Å²) >= 11 is 1.72. The third-order valence-electron chi connectivity index (χ3n) is 4.54. The monoisotopic (exact) mass is 377 g/mol. The molecule has 6 nitrogen and oxygen atoms in total. The molecule has 4 rings (SSSR count). The summed E-state index contributed by atoms with van der Waals surface area (Å²) in [6, 6.07) is 15.7. The van der Waals surface area contributed by atoms with E-state index in [1.165, 1.54) is 9.67 Å². The van der Waals surface area contributed by atoms with E-state index in [-0.39, 0.29) is 12.3 Å². The summed E-state index contributed by atoms with van der Waals surface area (Å²) in [4.78, 5) is 15.4. The van der Waals surface area contributed by atoms with E-state index < -0.39 is 0 Å². The number of hydrogen-bond donors (Lipinski definition) is 0. The van der Waals surface area contributed by atoms with Crippen LogP contribution in [0.25, 0.3) is 11.4 Å². The third kappa shape index (κ3) is 3.59. The Balaban J connectivity index is 1.53. The van der Waals surface area contributed by atoms with Crippen molar-refractivity contribution < 1.29 is 4.79 Å². The normalized spacial score (nSPS) is 11.0. The first-order valence-electron chi connectivity index (χ1n) is 8.67. The third-order valence-corrected chi connectivity index (χ3v) is 5.40. The Morgan fingerprint density at radius 3 is 2.67 bits per heavy atom. The van der Waals surface area contributed by atoms with E-state index >= 15 is 0 Å². The van der Waals surface area contributed by atoms with Crippen LogP contribution in [0.1, 0.15) is 26.6 Å². The van der Waals surface area contributed by atoms with E-state index in [1.54, 1.807) is 11.3 Å². The minimum Gasteiger partial charge on any atom is -0.343 e. The van der Waals surface area contributed by atoms with Gasteiger partial charge in [-0.2, -0.15) is 4.80 Å². The van der Waals surface area contributed by atoms with Gasteiger partial charge in [0, 0.05) is 27.4 Å². The van der Waals surface area contributed by atoms with E-state index in [4.69, 9.17) is 0 Å². The molecule has 0 aliphatic rings. The highest BCUT2D eigenvalue weighted by Gasteiger charge is 2.18. The molecule has 0 atom stereocenters. The molecule has 0 N–H and O–H groups in total. The van der Waals surface area contributed by atoms with Crippen LogP contribution in [0, 0.1) is 13.8 Å². The number of benzene rings is 1. The van der Waals surface area contributed by atoms with Gasteiger partial charge in [-0.1, -0.05) is 36.4 Å². The number of aryl methyl sites for hydroxylation is 1. The Morgan fingerprint density at radius 1 is 1.11 bits per heavy atom. The Hall–Kier alpha value is -3.06. The lowest BCUT2D eigenvalue weighted by Crippen LogP contribution is -2.14. The molecule has 27 heavy (non-hydrogen) atoms. The first-order chi connectivity index (χ1) is 13.1. The molecular formula is C20H19N5OS. The quantitative estimate of drug-likeness (QED) is 0.480. The summed E-state index contributed by atoms with van der Waals surface area (Å²) in [5, 5.41) is 14.5. The zero-order valence-electron chi connectivity index (χ0n) is 15.2. The molecule has 7 heteroatoms. The van der Waals surface area contributed by atoms with Gasteiger partial charge in [0.25, 0.3) is 0 Å². The molecule has 3 heterocycles. The summed E-state index contributed by atoms with van der Waals surface area (Å²) in [5.41, 5.74) is 3.63. The fourth-order valence-electron chi connectivity index (χ4n) is 3.11. The van der Waals surface area contributed by atoms with Gasteiger partial charge in [-0.3, -0.25) is 4.79 Å². The van der Waals surface area contributed by atoms with Gasteiger partial charge in [0.2, 0.25) is 5.82 Å². The fraction of sp³-hybridized carbons (Fsp3) is 0.200. The Kier molecular flexibility index (Phi) is 4.68. The number of nitrogens with zero attached hydrogens (tertiary/aromatic N) is 5. The maximum atomic E-state index is 12.8. The number of tetrazole rings is 1. The molecule has 1 aromatic carbocycles. The lowest BCUT2D eigenvalue weighted by atomic mass is 10.1.